The fraction of sp³-hybridized carbons (Fsp3) is 0.333. The number of anilines is 1. The number of hydrogen-bond acceptors (Lipinski definition) is 3. The maximum atomic E-state index is 13.2. The lowest BCUT2D eigenvalue weighted by Crippen LogP contribution is -2.24. The molecule has 0 aliphatic rings. The molecule has 0 aliphatic carbocycles. The second kappa shape index (κ2) is 6.48. The first-order chi connectivity index (χ1) is 8.19. The predicted octanol–water partition coefficient (Wildman–Crippen LogP) is 1.64. The van der Waals surface area contributed by atoms with Crippen LogP contribution < -0.4 is 10.6 Å². The smallest absolute Gasteiger partial charge is 0.221 e. The van der Waals surface area contributed by atoms with E-state index in [0.29, 0.717) is 18.8 Å². The van der Waals surface area contributed by atoms with E-state index < -0.39 is 5.82 Å². The van der Waals surface area contributed by atoms with Crippen molar-refractivity contribution in [2.24, 2.45) is 0 Å². The van der Waals surface area contributed by atoms with Crippen molar-refractivity contribution in [3.8, 4) is 6.07 Å². The van der Waals surface area contributed by atoms with Gasteiger partial charge in [-0.05, 0) is 19.1 Å². The van der Waals surface area contributed by atoms with Crippen LogP contribution in [0.5, 0.6) is 0 Å². The molecule has 0 radical (unpaired) electrons. The first-order valence-corrected chi connectivity index (χ1v) is 5.38. The number of benzene rings is 1. The lowest BCUT2D eigenvalue weighted by molar-refractivity contribution is -0.120. The van der Waals surface area contributed by atoms with Crippen LogP contribution in [0.15, 0.2) is 18.2 Å². The molecule has 17 heavy (non-hydrogen) atoms. The van der Waals surface area contributed by atoms with Crippen molar-refractivity contribution >= 4 is 11.6 Å². The fourth-order valence-corrected chi connectivity index (χ4v) is 1.38. The average molecular weight is 235 g/mol. The number of carbonyl (C=O) groups excluding carboxylic acids is 1. The van der Waals surface area contributed by atoms with Gasteiger partial charge in [0, 0.05) is 19.5 Å². The minimum Gasteiger partial charge on any atom is -0.383 e. The molecule has 0 saturated carbocycles. The maximum absolute atomic E-state index is 13.2. The molecule has 1 aromatic carbocycles. The highest BCUT2D eigenvalue weighted by atomic mass is 19.1. The fourth-order valence-electron chi connectivity index (χ4n) is 1.38. The maximum Gasteiger partial charge on any atom is 0.221 e. The van der Waals surface area contributed by atoms with Crippen LogP contribution in [0.4, 0.5) is 10.1 Å². The van der Waals surface area contributed by atoms with Crippen LogP contribution in [-0.4, -0.2) is 19.0 Å². The second-order valence-electron chi connectivity index (χ2n) is 3.40. The van der Waals surface area contributed by atoms with Crippen LogP contribution in [0.25, 0.3) is 0 Å². The van der Waals surface area contributed by atoms with E-state index in [4.69, 9.17) is 5.26 Å². The molecule has 0 aromatic heterocycles. The van der Waals surface area contributed by atoms with Gasteiger partial charge >= 0.3 is 0 Å². The van der Waals surface area contributed by atoms with Gasteiger partial charge in [0.15, 0.2) is 0 Å². The normalized spacial score (nSPS) is 9.47. The lowest BCUT2D eigenvalue weighted by Gasteiger charge is -2.08. The molecule has 2 N–H and O–H groups in total. The SMILES string of the molecule is CCNC(=O)CCNc1cccc(F)c1C#N. The van der Waals surface area contributed by atoms with E-state index in [-0.39, 0.29) is 17.9 Å². The number of rotatable bonds is 5. The Morgan fingerprint density at radius 3 is 2.94 bits per heavy atom. The largest absolute Gasteiger partial charge is 0.383 e. The van der Waals surface area contributed by atoms with Crippen molar-refractivity contribution in [3.63, 3.8) is 0 Å². The van der Waals surface area contributed by atoms with E-state index in [0.717, 1.165) is 0 Å². The Kier molecular flexibility index (Phi) is 4.95. The molecule has 5 heteroatoms. The van der Waals surface area contributed by atoms with Gasteiger partial charge in [-0.25, -0.2) is 4.39 Å². The second-order valence-corrected chi connectivity index (χ2v) is 3.40. The summed E-state index contributed by atoms with van der Waals surface area (Å²) >= 11 is 0. The van der Waals surface area contributed by atoms with Gasteiger partial charge in [0.25, 0.3) is 0 Å². The Morgan fingerprint density at radius 1 is 1.53 bits per heavy atom. The van der Waals surface area contributed by atoms with Gasteiger partial charge in [0.1, 0.15) is 17.4 Å². The highest BCUT2D eigenvalue weighted by molar-refractivity contribution is 5.76. The van der Waals surface area contributed by atoms with Crippen molar-refractivity contribution in [2.45, 2.75) is 13.3 Å². The molecule has 0 heterocycles. The Bertz CT molecular complexity index is 440. The van der Waals surface area contributed by atoms with Gasteiger partial charge in [-0.3, -0.25) is 4.79 Å². The number of halogens is 1. The summed E-state index contributed by atoms with van der Waals surface area (Å²) in [5.41, 5.74) is 0.389. The van der Waals surface area contributed by atoms with Crippen molar-refractivity contribution in [3.05, 3.63) is 29.6 Å². The molecular formula is C12H14FN3O. The van der Waals surface area contributed by atoms with Crippen molar-refractivity contribution < 1.29 is 9.18 Å². The summed E-state index contributed by atoms with van der Waals surface area (Å²) in [7, 11) is 0. The van der Waals surface area contributed by atoms with E-state index in [1.54, 1.807) is 12.1 Å². The van der Waals surface area contributed by atoms with E-state index in [1.165, 1.54) is 12.1 Å². The molecule has 0 spiro atoms. The molecule has 0 unspecified atom stereocenters. The van der Waals surface area contributed by atoms with E-state index >= 15 is 0 Å². The zero-order valence-corrected chi connectivity index (χ0v) is 9.59. The zero-order valence-electron chi connectivity index (χ0n) is 9.59. The summed E-state index contributed by atoms with van der Waals surface area (Å²) in [5.74, 6) is -0.634. The van der Waals surface area contributed by atoms with Crippen molar-refractivity contribution in [2.75, 3.05) is 18.4 Å². The first kappa shape index (κ1) is 13.0. The van der Waals surface area contributed by atoms with E-state index in [1.807, 2.05) is 6.92 Å². The Morgan fingerprint density at radius 2 is 2.29 bits per heavy atom. The van der Waals surface area contributed by atoms with Crippen molar-refractivity contribution in [1.29, 1.82) is 5.26 Å². The number of hydrogen-bond donors (Lipinski definition) is 2. The highest BCUT2D eigenvalue weighted by Gasteiger charge is 2.07. The third kappa shape index (κ3) is 3.76. The number of carbonyl (C=O) groups is 1. The Labute approximate surface area is 99.4 Å². The molecule has 90 valence electrons. The summed E-state index contributed by atoms with van der Waals surface area (Å²) in [6.45, 7) is 2.79. The van der Waals surface area contributed by atoms with E-state index in [9.17, 15) is 9.18 Å². The van der Waals surface area contributed by atoms with Crippen LogP contribution in [0.3, 0.4) is 0 Å². The monoisotopic (exact) mass is 235 g/mol. The number of nitrogens with zero attached hydrogens (tertiary/aromatic N) is 1. The van der Waals surface area contributed by atoms with Gasteiger partial charge in [0.05, 0.1) is 5.69 Å². The molecule has 0 fully saturated rings. The summed E-state index contributed by atoms with van der Waals surface area (Å²) in [6.07, 6.45) is 0.287. The summed E-state index contributed by atoms with van der Waals surface area (Å²) in [5, 5.41) is 14.3. The summed E-state index contributed by atoms with van der Waals surface area (Å²) in [6, 6.07) is 6.15. The molecule has 0 bridgehead atoms. The quantitative estimate of drug-likeness (QED) is 0.815. The minimum atomic E-state index is -0.560. The third-order valence-electron chi connectivity index (χ3n) is 2.17. The zero-order chi connectivity index (χ0) is 12.7. The van der Waals surface area contributed by atoms with Gasteiger partial charge in [-0.2, -0.15) is 5.26 Å². The van der Waals surface area contributed by atoms with Crippen LogP contribution in [-0.2, 0) is 4.79 Å². The minimum absolute atomic E-state index is 0.0246. The number of amides is 1. The number of nitriles is 1. The number of nitrogens with one attached hydrogen (secondary N) is 2. The van der Waals surface area contributed by atoms with Gasteiger partial charge in [0.2, 0.25) is 5.91 Å². The van der Waals surface area contributed by atoms with Gasteiger partial charge < -0.3 is 10.6 Å². The van der Waals surface area contributed by atoms with Crippen LogP contribution >= 0.6 is 0 Å². The molecule has 1 amide bonds. The van der Waals surface area contributed by atoms with Crippen LogP contribution in [0.1, 0.15) is 18.9 Å². The molecule has 1 rings (SSSR count). The molecule has 4 nitrogen and oxygen atoms in total. The standard InChI is InChI=1S/C12H14FN3O/c1-2-15-12(17)6-7-16-11-5-3-4-10(13)9(11)8-14/h3-5,16H,2,6-7H2,1H3,(H,15,17). The summed E-state index contributed by atoms with van der Waals surface area (Å²) < 4.78 is 13.2. The molecular weight excluding hydrogens is 221 g/mol. The van der Waals surface area contributed by atoms with Gasteiger partial charge in [-0.15, -0.1) is 0 Å². The molecule has 0 atom stereocenters. The Balaban J connectivity index is 2.56. The highest BCUT2D eigenvalue weighted by Crippen LogP contribution is 2.17. The van der Waals surface area contributed by atoms with Crippen LogP contribution in [0, 0.1) is 17.1 Å². The predicted molar refractivity (Wildman–Crippen MR) is 62.9 cm³/mol. The average Bonchev–Trinajstić information content (AvgIpc) is 2.29. The summed E-state index contributed by atoms with van der Waals surface area (Å²) in [4.78, 5) is 11.2. The lowest BCUT2D eigenvalue weighted by atomic mass is 10.2. The topological polar surface area (TPSA) is 64.9 Å². The van der Waals surface area contributed by atoms with E-state index in [2.05, 4.69) is 10.6 Å². The molecule has 1 aromatic rings. The molecule has 0 aliphatic heterocycles. The Hall–Kier alpha value is -2.09. The van der Waals surface area contributed by atoms with Crippen molar-refractivity contribution in [1.82, 2.24) is 5.32 Å². The first-order valence-electron chi connectivity index (χ1n) is 5.38. The van der Waals surface area contributed by atoms with Gasteiger partial charge in [-0.1, -0.05) is 6.07 Å². The van der Waals surface area contributed by atoms with Crippen LogP contribution in [0.2, 0.25) is 0 Å². The molecule has 0 saturated heterocycles. The third-order valence-corrected chi connectivity index (χ3v) is 2.17.